The molecule has 0 fully saturated rings. The third-order valence-electron chi connectivity index (χ3n) is 3.51. The van der Waals surface area contributed by atoms with Crippen LogP contribution in [0.1, 0.15) is 36.6 Å². The van der Waals surface area contributed by atoms with Crippen LogP contribution in [-0.4, -0.2) is 28.0 Å². The van der Waals surface area contributed by atoms with Crippen LogP contribution in [0.2, 0.25) is 0 Å². The molecule has 2 aromatic carbocycles. The van der Waals surface area contributed by atoms with Crippen molar-refractivity contribution >= 4 is 23.5 Å². The standard InChI is InChI=1S/C16H11NO5/c1-8-2-5-12(13(18)6-8)17-14(19)10-4-3-9(16(21)22)7-11(10)15(17)20/h2-7,18H,1H3,(H,21,22). The van der Waals surface area contributed by atoms with Crippen LogP contribution in [0.5, 0.6) is 5.75 Å². The summed E-state index contributed by atoms with van der Waals surface area (Å²) >= 11 is 0. The number of phenols is 1. The van der Waals surface area contributed by atoms with Crippen LogP contribution >= 0.6 is 0 Å². The fourth-order valence-electron chi connectivity index (χ4n) is 2.42. The molecular weight excluding hydrogens is 286 g/mol. The number of carbonyl (C=O) groups is 3. The largest absolute Gasteiger partial charge is 0.506 e. The molecule has 0 aromatic heterocycles. The zero-order valence-electron chi connectivity index (χ0n) is 11.5. The first-order valence-electron chi connectivity index (χ1n) is 6.46. The molecule has 1 aliphatic heterocycles. The van der Waals surface area contributed by atoms with Crippen molar-refractivity contribution in [2.45, 2.75) is 6.92 Å². The molecule has 110 valence electrons. The van der Waals surface area contributed by atoms with E-state index >= 15 is 0 Å². The number of benzene rings is 2. The molecule has 0 spiro atoms. The molecule has 0 aliphatic carbocycles. The minimum absolute atomic E-state index is 0.0184. The van der Waals surface area contributed by atoms with Crippen LogP contribution in [0.15, 0.2) is 36.4 Å². The Bertz CT molecular complexity index is 840. The van der Waals surface area contributed by atoms with E-state index in [1.54, 1.807) is 13.0 Å². The number of carbonyl (C=O) groups excluding carboxylic acids is 2. The quantitative estimate of drug-likeness (QED) is 0.829. The lowest BCUT2D eigenvalue weighted by molar-refractivity contribution is 0.0696. The van der Waals surface area contributed by atoms with Gasteiger partial charge in [-0.15, -0.1) is 0 Å². The number of nitrogens with zero attached hydrogens (tertiary/aromatic N) is 1. The number of carboxylic acid groups (broad SMARTS) is 1. The molecule has 0 saturated heterocycles. The predicted octanol–water partition coefficient (Wildman–Crippen LogP) is 2.20. The van der Waals surface area contributed by atoms with Gasteiger partial charge in [0.1, 0.15) is 5.75 Å². The van der Waals surface area contributed by atoms with Crippen molar-refractivity contribution in [3.05, 3.63) is 58.7 Å². The van der Waals surface area contributed by atoms with Crippen LogP contribution in [0.4, 0.5) is 5.69 Å². The van der Waals surface area contributed by atoms with Crippen molar-refractivity contribution in [1.29, 1.82) is 0 Å². The second-order valence-electron chi connectivity index (χ2n) is 5.00. The molecule has 0 atom stereocenters. The van der Waals surface area contributed by atoms with E-state index in [4.69, 9.17) is 5.11 Å². The first kappa shape index (κ1) is 13.8. The fourth-order valence-corrected chi connectivity index (χ4v) is 2.42. The number of aromatic hydroxyl groups is 1. The number of anilines is 1. The van der Waals surface area contributed by atoms with Gasteiger partial charge in [-0.25, -0.2) is 9.69 Å². The second-order valence-corrected chi connectivity index (χ2v) is 5.00. The summed E-state index contributed by atoms with van der Waals surface area (Å²) in [6.45, 7) is 1.77. The van der Waals surface area contributed by atoms with Gasteiger partial charge in [0, 0.05) is 0 Å². The van der Waals surface area contributed by atoms with Crippen LogP contribution in [0.25, 0.3) is 0 Å². The number of imide groups is 1. The number of aromatic carboxylic acids is 1. The third-order valence-corrected chi connectivity index (χ3v) is 3.51. The SMILES string of the molecule is Cc1ccc(N2C(=O)c3ccc(C(=O)O)cc3C2=O)c(O)c1. The van der Waals surface area contributed by atoms with E-state index in [0.717, 1.165) is 10.5 Å². The predicted molar refractivity (Wildman–Crippen MR) is 77.4 cm³/mol. The van der Waals surface area contributed by atoms with Crippen molar-refractivity contribution in [3.8, 4) is 5.75 Å². The van der Waals surface area contributed by atoms with Gasteiger partial charge in [-0.2, -0.15) is 0 Å². The molecule has 0 saturated carbocycles. The molecule has 3 rings (SSSR count). The fraction of sp³-hybridized carbons (Fsp3) is 0.0625. The van der Waals surface area contributed by atoms with Gasteiger partial charge in [-0.3, -0.25) is 9.59 Å². The zero-order valence-corrected chi connectivity index (χ0v) is 11.5. The molecule has 0 bridgehead atoms. The van der Waals surface area contributed by atoms with Gasteiger partial charge in [-0.05, 0) is 42.8 Å². The molecule has 6 heteroatoms. The van der Waals surface area contributed by atoms with Gasteiger partial charge >= 0.3 is 5.97 Å². The molecule has 0 unspecified atom stereocenters. The van der Waals surface area contributed by atoms with E-state index in [0.29, 0.717) is 0 Å². The number of phenolic OH excluding ortho intramolecular Hbond substituents is 1. The Kier molecular flexibility index (Phi) is 2.95. The zero-order chi connectivity index (χ0) is 16.0. The molecule has 2 N–H and O–H groups in total. The molecule has 2 amide bonds. The Morgan fingerprint density at radius 2 is 1.68 bits per heavy atom. The summed E-state index contributed by atoms with van der Waals surface area (Å²) < 4.78 is 0. The van der Waals surface area contributed by atoms with Crippen LogP contribution in [-0.2, 0) is 0 Å². The maximum Gasteiger partial charge on any atom is 0.335 e. The van der Waals surface area contributed by atoms with Gasteiger partial charge in [-0.1, -0.05) is 6.07 Å². The van der Waals surface area contributed by atoms with Crippen molar-refractivity contribution < 1.29 is 24.6 Å². The summed E-state index contributed by atoms with van der Waals surface area (Å²) in [6.07, 6.45) is 0. The molecule has 1 aliphatic rings. The van der Waals surface area contributed by atoms with Crippen LogP contribution in [0, 0.1) is 6.92 Å². The van der Waals surface area contributed by atoms with Crippen molar-refractivity contribution in [2.75, 3.05) is 4.90 Å². The highest BCUT2D eigenvalue weighted by atomic mass is 16.4. The van der Waals surface area contributed by atoms with E-state index in [-0.39, 0.29) is 28.1 Å². The summed E-state index contributed by atoms with van der Waals surface area (Å²) in [5, 5.41) is 18.9. The molecule has 2 aromatic rings. The number of carboxylic acids is 1. The van der Waals surface area contributed by atoms with E-state index in [1.807, 2.05) is 0 Å². The van der Waals surface area contributed by atoms with Gasteiger partial charge in [0.05, 0.1) is 22.4 Å². The van der Waals surface area contributed by atoms with Crippen molar-refractivity contribution in [1.82, 2.24) is 0 Å². The first-order valence-corrected chi connectivity index (χ1v) is 6.46. The normalized spacial score (nSPS) is 13.4. The van der Waals surface area contributed by atoms with Gasteiger partial charge in [0.2, 0.25) is 0 Å². The molecular formula is C16H11NO5. The lowest BCUT2D eigenvalue weighted by Gasteiger charge is -2.15. The average molecular weight is 297 g/mol. The number of amides is 2. The monoisotopic (exact) mass is 297 g/mol. The van der Waals surface area contributed by atoms with Crippen LogP contribution in [0.3, 0.4) is 0 Å². The Labute approximate surface area is 125 Å². The lowest BCUT2D eigenvalue weighted by atomic mass is 10.1. The van der Waals surface area contributed by atoms with E-state index in [2.05, 4.69) is 0 Å². The maximum absolute atomic E-state index is 12.4. The summed E-state index contributed by atoms with van der Waals surface area (Å²) in [4.78, 5) is 36.6. The first-order chi connectivity index (χ1) is 10.4. The Morgan fingerprint density at radius 3 is 2.32 bits per heavy atom. The van der Waals surface area contributed by atoms with Crippen LogP contribution < -0.4 is 4.90 Å². The lowest BCUT2D eigenvalue weighted by Crippen LogP contribution is -2.29. The van der Waals surface area contributed by atoms with Gasteiger partial charge in [0.15, 0.2) is 0 Å². The highest BCUT2D eigenvalue weighted by molar-refractivity contribution is 6.35. The highest BCUT2D eigenvalue weighted by Crippen LogP contribution is 2.35. The smallest absolute Gasteiger partial charge is 0.335 e. The topological polar surface area (TPSA) is 94.9 Å². The van der Waals surface area contributed by atoms with Gasteiger partial charge in [0.25, 0.3) is 11.8 Å². The minimum atomic E-state index is -1.18. The van der Waals surface area contributed by atoms with Crippen molar-refractivity contribution in [2.24, 2.45) is 0 Å². The third kappa shape index (κ3) is 1.93. The average Bonchev–Trinajstić information content (AvgIpc) is 2.71. The van der Waals surface area contributed by atoms with Gasteiger partial charge < -0.3 is 10.2 Å². The molecule has 6 nitrogen and oxygen atoms in total. The Balaban J connectivity index is 2.12. The summed E-state index contributed by atoms with van der Waals surface area (Å²) in [5.74, 6) is -2.61. The number of aryl methyl sites for hydroxylation is 1. The van der Waals surface area contributed by atoms with E-state index < -0.39 is 17.8 Å². The Morgan fingerprint density at radius 1 is 1.00 bits per heavy atom. The second kappa shape index (κ2) is 4.70. The maximum atomic E-state index is 12.4. The number of fused-ring (bicyclic) bond motifs is 1. The number of rotatable bonds is 2. The van der Waals surface area contributed by atoms with E-state index in [1.165, 1.54) is 30.3 Å². The Hall–Kier alpha value is -3.15. The summed E-state index contributed by atoms with van der Waals surface area (Å²) in [5.41, 5.74) is 0.925. The highest BCUT2D eigenvalue weighted by Gasteiger charge is 2.38. The molecule has 1 heterocycles. The van der Waals surface area contributed by atoms with E-state index in [9.17, 15) is 19.5 Å². The molecule has 22 heavy (non-hydrogen) atoms. The number of hydrogen-bond donors (Lipinski definition) is 2. The summed E-state index contributed by atoms with van der Waals surface area (Å²) in [7, 11) is 0. The summed E-state index contributed by atoms with van der Waals surface area (Å²) in [6, 6.07) is 8.34. The molecule has 0 radical (unpaired) electrons. The van der Waals surface area contributed by atoms with Crippen molar-refractivity contribution in [3.63, 3.8) is 0 Å². The number of hydrogen-bond acceptors (Lipinski definition) is 4. The minimum Gasteiger partial charge on any atom is -0.506 e.